The fourth-order valence-electron chi connectivity index (χ4n) is 4.02. The second-order valence-corrected chi connectivity index (χ2v) is 6.68. The van der Waals surface area contributed by atoms with Gasteiger partial charge in [0.1, 0.15) is 0 Å². The fourth-order valence-corrected chi connectivity index (χ4v) is 4.02. The van der Waals surface area contributed by atoms with Crippen LogP contribution in [-0.2, 0) is 0 Å². The highest BCUT2D eigenvalue weighted by atomic mass is 15.2. The van der Waals surface area contributed by atoms with Gasteiger partial charge in [-0.25, -0.2) is 0 Å². The highest BCUT2D eigenvalue weighted by molar-refractivity contribution is 4.97. The summed E-state index contributed by atoms with van der Waals surface area (Å²) < 4.78 is 0. The van der Waals surface area contributed by atoms with Gasteiger partial charge in [0.25, 0.3) is 0 Å². The normalized spacial score (nSPS) is 35.0. The molecule has 2 unspecified atom stereocenters. The highest BCUT2D eigenvalue weighted by Gasteiger charge is 2.38. The van der Waals surface area contributed by atoms with Crippen LogP contribution in [0.3, 0.4) is 0 Å². The minimum absolute atomic E-state index is 0.424. The van der Waals surface area contributed by atoms with E-state index in [9.17, 15) is 0 Å². The average Bonchev–Trinajstić information content (AvgIpc) is 2.40. The largest absolute Gasteiger partial charge is 0.311 e. The molecule has 1 N–H and O–H groups in total. The van der Waals surface area contributed by atoms with Crippen LogP contribution >= 0.6 is 0 Å². The van der Waals surface area contributed by atoms with Crippen LogP contribution in [0.5, 0.6) is 0 Å². The third kappa shape index (κ3) is 3.08. The Morgan fingerprint density at radius 1 is 1.22 bits per heavy atom. The van der Waals surface area contributed by atoms with E-state index in [1.165, 1.54) is 64.6 Å². The van der Waals surface area contributed by atoms with Gasteiger partial charge in [-0.3, -0.25) is 0 Å². The SMILES string of the molecule is CCN1CCCCC1CC1(C(C)C)CCCCN1. The van der Waals surface area contributed by atoms with E-state index < -0.39 is 0 Å². The number of hydrogen-bond donors (Lipinski definition) is 1. The number of piperidine rings is 2. The predicted octanol–water partition coefficient (Wildman–Crippen LogP) is 3.42. The maximum atomic E-state index is 3.90. The lowest BCUT2D eigenvalue weighted by molar-refractivity contribution is 0.0783. The Kier molecular flexibility index (Phi) is 5.08. The molecule has 0 aromatic heterocycles. The summed E-state index contributed by atoms with van der Waals surface area (Å²) in [6.45, 7) is 11.0. The van der Waals surface area contributed by atoms with E-state index in [0.717, 1.165) is 12.0 Å². The van der Waals surface area contributed by atoms with E-state index in [2.05, 4.69) is 31.0 Å². The average molecular weight is 252 g/mol. The molecule has 106 valence electrons. The quantitative estimate of drug-likeness (QED) is 0.825. The van der Waals surface area contributed by atoms with E-state index in [-0.39, 0.29) is 0 Å². The zero-order valence-corrected chi connectivity index (χ0v) is 12.7. The van der Waals surface area contributed by atoms with Crippen molar-refractivity contribution in [3.05, 3.63) is 0 Å². The molecule has 0 saturated carbocycles. The summed E-state index contributed by atoms with van der Waals surface area (Å²) in [4.78, 5) is 2.73. The van der Waals surface area contributed by atoms with Crippen LogP contribution in [0.1, 0.15) is 65.7 Å². The van der Waals surface area contributed by atoms with Gasteiger partial charge in [0.05, 0.1) is 0 Å². The molecule has 2 heteroatoms. The molecule has 2 rings (SSSR count). The minimum atomic E-state index is 0.424. The van der Waals surface area contributed by atoms with Crippen molar-refractivity contribution in [1.82, 2.24) is 10.2 Å². The molecular formula is C16H32N2. The molecule has 2 saturated heterocycles. The molecule has 0 aliphatic carbocycles. The van der Waals surface area contributed by atoms with Gasteiger partial charge in [-0.2, -0.15) is 0 Å². The van der Waals surface area contributed by atoms with E-state index in [1.807, 2.05) is 0 Å². The minimum Gasteiger partial charge on any atom is -0.311 e. The first-order valence-electron chi connectivity index (χ1n) is 8.17. The van der Waals surface area contributed by atoms with Crippen molar-refractivity contribution in [1.29, 1.82) is 0 Å². The Morgan fingerprint density at radius 2 is 2.06 bits per heavy atom. The summed E-state index contributed by atoms with van der Waals surface area (Å²) in [5.74, 6) is 0.762. The molecule has 0 bridgehead atoms. The molecule has 0 aromatic rings. The van der Waals surface area contributed by atoms with Gasteiger partial charge in [0.2, 0.25) is 0 Å². The lowest BCUT2D eigenvalue weighted by Crippen LogP contribution is -2.56. The van der Waals surface area contributed by atoms with Gasteiger partial charge < -0.3 is 10.2 Å². The number of hydrogen-bond acceptors (Lipinski definition) is 2. The Bertz CT molecular complexity index is 243. The lowest BCUT2D eigenvalue weighted by atomic mass is 9.73. The molecule has 0 spiro atoms. The molecule has 2 aliphatic rings. The van der Waals surface area contributed by atoms with Gasteiger partial charge in [-0.15, -0.1) is 0 Å². The van der Waals surface area contributed by atoms with Crippen LogP contribution in [0.15, 0.2) is 0 Å². The van der Waals surface area contributed by atoms with E-state index in [0.29, 0.717) is 5.54 Å². The summed E-state index contributed by atoms with van der Waals surface area (Å²) in [7, 11) is 0. The van der Waals surface area contributed by atoms with Crippen LogP contribution in [0.25, 0.3) is 0 Å². The molecule has 18 heavy (non-hydrogen) atoms. The Hall–Kier alpha value is -0.0800. The smallest absolute Gasteiger partial charge is 0.0219 e. The zero-order valence-electron chi connectivity index (χ0n) is 12.7. The second kappa shape index (κ2) is 6.38. The maximum absolute atomic E-state index is 3.90. The third-order valence-corrected chi connectivity index (χ3v) is 5.39. The van der Waals surface area contributed by atoms with Gasteiger partial charge in [0, 0.05) is 11.6 Å². The lowest BCUT2D eigenvalue weighted by Gasteiger charge is -2.47. The Balaban J connectivity index is 2.03. The molecule has 0 aromatic carbocycles. The molecule has 2 atom stereocenters. The number of rotatable bonds is 4. The molecule has 0 amide bonds. The van der Waals surface area contributed by atoms with Crippen LogP contribution in [0.2, 0.25) is 0 Å². The van der Waals surface area contributed by atoms with E-state index in [4.69, 9.17) is 0 Å². The van der Waals surface area contributed by atoms with Gasteiger partial charge >= 0.3 is 0 Å². The van der Waals surface area contributed by atoms with Crippen molar-refractivity contribution in [3.63, 3.8) is 0 Å². The van der Waals surface area contributed by atoms with Crippen molar-refractivity contribution < 1.29 is 0 Å². The predicted molar refractivity (Wildman–Crippen MR) is 78.9 cm³/mol. The zero-order chi connectivity index (χ0) is 13.0. The standard InChI is InChI=1S/C16H32N2/c1-4-18-12-8-5-9-15(18)13-16(14(2)3)10-6-7-11-17-16/h14-15,17H,4-13H2,1-3H3. The van der Waals surface area contributed by atoms with E-state index in [1.54, 1.807) is 0 Å². The monoisotopic (exact) mass is 252 g/mol. The fraction of sp³-hybridized carbons (Fsp3) is 1.00. The van der Waals surface area contributed by atoms with Crippen molar-refractivity contribution in [2.24, 2.45) is 5.92 Å². The van der Waals surface area contributed by atoms with Crippen molar-refractivity contribution >= 4 is 0 Å². The molecule has 2 fully saturated rings. The topological polar surface area (TPSA) is 15.3 Å². The van der Waals surface area contributed by atoms with Crippen LogP contribution < -0.4 is 5.32 Å². The van der Waals surface area contributed by atoms with Crippen LogP contribution in [0, 0.1) is 5.92 Å². The third-order valence-electron chi connectivity index (χ3n) is 5.39. The van der Waals surface area contributed by atoms with Crippen LogP contribution in [-0.4, -0.2) is 36.1 Å². The van der Waals surface area contributed by atoms with Gasteiger partial charge in [-0.05, 0) is 57.7 Å². The first-order valence-corrected chi connectivity index (χ1v) is 8.17. The van der Waals surface area contributed by atoms with Crippen molar-refractivity contribution in [3.8, 4) is 0 Å². The summed E-state index contributed by atoms with van der Waals surface area (Å²) in [6, 6.07) is 0.830. The van der Waals surface area contributed by atoms with E-state index >= 15 is 0 Å². The summed E-state index contributed by atoms with van der Waals surface area (Å²) in [5.41, 5.74) is 0.424. The summed E-state index contributed by atoms with van der Waals surface area (Å²) in [5, 5.41) is 3.90. The molecule has 0 radical (unpaired) electrons. The molecule has 2 aliphatic heterocycles. The van der Waals surface area contributed by atoms with Crippen molar-refractivity contribution in [2.75, 3.05) is 19.6 Å². The Labute approximate surface area is 114 Å². The second-order valence-electron chi connectivity index (χ2n) is 6.68. The maximum Gasteiger partial charge on any atom is 0.0219 e. The number of nitrogens with zero attached hydrogens (tertiary/aromatic N) is 1. The first kappa shape index (κ1) is 14.3. The van der Waals surface area contributed by atoms with Crippen molar-refractivity contribution in [2.45, 2.75) is 77.3 Å². The summed E-state index contributed by atoms with van der Waals surface area (Å²) >= 11 is 0. The van der Waals surface area contributed by atoms with Crippen LogP contribution in [0.4, 0.5) is 0 Å². The molecular weight excluding hydrogens is 220 g/mol. The number of nitrogens with one attached hydrogen (secondary N) is 1. The first-order chi connectivity index (χ1) is 8.68. The van der Waals surface area contributed by atoms with Gasteiger partial charge in [-0.1, -0.05) is 33.6 Å². The molecule has 2 nitrogen and oxygen atoms in total. The number of likely N-dealkylation sites (tertiary alicyclic amines) is 1. The Morgan fingerprint density at radius 3 is 2.67 bits per heavy atom. The summed E-state index contributed by atoms with van der Waals surface area (Å²) in [6.07, 6.45) is 9.82. The van der Waals surface area contributed by atoms with Gasteiger partial charge in [0.15, 0.2) is 0 Å². The molecule has 2 heterocycles. The highest BCUT2D eigenvalue weighted by Crippen LogP contribution is 2.35.